The van der Waals surface area contributed by atoms with Gasteiger partial charge in [-0.3, -0.25) is 0 Å². The molecule has 1 aliphatic carbocycles. The SMILES string of the molecule is CCCC1(Cl)CCCCC1. The first-order valence-electron chi connectivity index (χ1n) is 4.46. The number of alkyl halides is 1. The van der Waals surface area contributed by atoms with E-state index in [-0.39, 0.29) is 4.87 Å². The van der Waals surface area contributed by atoms with Crippen LogP contribution in [0.1, 0.15) is 51.9 Å². The third kappa shape index (κ3) is 2.16. The van der Waals surface area contributed by atoms with Gasteiger partial charge in [-0.1, -0.05) is 32.6 Å². The Morgan fingerprint density at radius 1 is 1.20 bits per heavy atom. The number of hydrogen-bond acceptors (Lipinski definition) is 0. The van der Waals surface area contributed by atoms with Gasteiger partial charge in [-0.2, -0.15) is 0 Å². The first-order chi connectivity index (χ1) is 4.77. The van der Waals surface area contributed by atoms with Crippen molar-refractivity contribution in [3.8, 4) is 0 Å². The molecule has 0 N–H and O–H groups in total. The van der Waals surface area contributed by atoms with Crippen LogP contribution in [0, 0.1) is 0 Å². The Morgan fingerprint density at radius 2 is 1.80 bits per heavy atom. The van der Waals surface area contributed by atoms with Gasteiger partial charge in [0.15, 0.2) is 0 Å². The molecule has 1 fully saturated rings. The summed E-state index contributed by atoms with van der Waals surface area (Å²) in [5.41, 5.74) is 0. The molecule has 0 unspecified atom stereocenters. The van der Waals surface area contributed by atoms with Crippen molar-refractivity contribution in [2.45, 2.75) is 56.7 Å². The first kappa shape index (κ1) is 8.39. The second-order valence-electron chi connectivity index (χ2n) is 3.46. The highest BCUT2D eigenvalue weighted by Crippen LogP contribution is 2.37. The fourth-order valence-electron chi connectivity index (χ4n) is 1.88. The summed E-state index contributed by atoms with van der Waals surface area (Å²) >= 11 is 6.38. The predicted molar refractivity (Wildman–Crippen MR) is 46.6 cm³/mol. The summed E-state index contributed by atoms with van der Waals surface area (Å²) in [5.74, 6) is 0. The third-order valence-corrected chi connectivity index (χ3v) is 3.01. The Hall–Kier alpha value is 0.290. The van der Waals surface area contributed by atoms with Gasteiger partial charge in [0.05, 0.1) is 0 Å². The lowest BCUT2D eigenvalue weighted by Gasteiger charge is -2.30. The molecule has 0 aromatic carbocycles. The third-order valence-electron chi connectivity index (χ3n) is 2.45. The molecule has 1 aliphatic rings. The summed E-state index contributed by atoms with van der Waals surface area (Å²) in [6, 6.07) is 0. The maximum absolute atomic E-state index is 6.38. The van der Waals surface area contributed by atoms with Gasteiger partial charge in [0.2, 0.25) is 0 Å². The van der Waals surface area contributed by atoms with E-state index < -0.39 is 0 Å². The van der Waals surface area contributed by atoms with Crippen LogP contribution < -0.4 is 0 Å². The van der Waals surface area contributed by atoms with E-state index in [0.717, 1.165) is 0 Å². The average Bonchev–Trinajstić information content (AvgIpc) is 1.89. The van der Waals surface area contributed by atoms with Crippen molar-refractivity contribution in [2.24, 2.45) is 0 Å². The van der Waals surface area contributed by atoms with Crippen LogP contribution in [0.15, 0.2) is 0 Å². The molecule has 1 heteroatoms. The van der Waals surface area contributed by atoms with Crippen molar-refractivity contribution in [2.75, 3.05) is 0 Å². The molecule has 0 radical (unpaired) electrons. The average molecular weight is 161 g/mol. The van der Waals surface area contributed by atoms with Crippen LogP contribution in [0.25, 0.3) is 0 Å². The molecule has 1 saturated carbocycles. The second-order valence-corrected chi connectivity index (χ2v) is 4.26. The van der Waals surface area contributed by atoms with Gasteiger partial charge in [-0.25, -0.2) is 0 Å². The van der Waals surface area contributed by atoms with Crippen LogP contribution in [0.4, 0.5) is 0 Å². The Morgan fingerprint density at radius 3 is 2.30 bits per heavy atom. The number of hydrogen-bond donors (Lipinski definition) is 0. The molecule has 0 atom stereocenters. The zero-order valence-corrected chi connectivity index (χ0v) is 7.58. The van der Waals surface area contributed by atoms with Crippen LogP contribution in [-0.4, -0.2) is 4.87 Å². The summed E-state index contributed by atoms with van der Waals surface area (Å²) in [7, 11) is 0. The van der Waals surface area contributed by atoms with Gasteiger partial charge in [-0.15, -0.1) is 11.6 Å². The molecule has 60 valence electrons. The van der Waals surface area contributed by atoms with Crippen LogP contribution in [-0.2, 0) is 0 Å². The van der Waals surface area contributed by atoms with Gasteiger partial charge in [-0.05, 0) is 19.3 Å². The van der Waals surface area contributed by atoms with Gasteiger partial charge < -0.3 is 0 Å². The number of rotatable bonds is 2. The highest BCUT2D eigenvalue weighted by molar-refractivity contribution is 6.23. The predicted octanol–water partition coefficient (Wildman–Crippen LogP) is 3.73. The summed E-state index contributed by atoms with van der Waals surface area (Å²) in [6.07, 6.45) is 9.06. The van der Waals surface area contributed by atoms with Crippen LogP contribution in [0.3, 0.4) is 0 Å². The minimum atomic E-state index is 0.201. The highest BCUT2D eigenvalue weighted by atomic mass is 35.5. The Kier molecular flexibility index (Phi) is 3.03. The Balaban J connectivity index is 2.32. The van der Waals surface area contributed by atoms with Gasteiger partial charge in [0, 0.05) is 4.87 Å². The molecule has 0 aromatic rings. The normalized spacial score (nSPS) is 24.6. The van der Waals surface area contributed by atoms with Crippen molar-refractivity contribution >= 4 is 11.6 Å². The monoisotopic (exact) mass is 160 g/mol. The summed E-state index contributed by atoms with van der Waals surface area (Å²) in [4.78, 5) is 0.201. The molecule has 0 bridgehead atoms. The second kappa shape index (κ2) is 3.61. The van der Waals surface area contributed by atoms with Gasteiger partial charge in [0.1, 0.15) is 0 Å². The highest BCUT2D eigenvalue weighted by Gasteiger charge is 2.27. The Labute approximate surface area is 69.0 Å². The largest absolute Gasteiger partial charge is 0.119 e. The van der Waals surface area contributed by atoms with Crippen molar-refractivity contribution < 1.29 is 0 Å². The lowest BCUT2D eigenvalue weighted by Crippen LogP contribution is -2.24. The summed E-state index contributed by atoms with van der Waals surface area (Å²) in [5, 5.41) is 0. The summed E-state index contributed by atoms with van der Waals surface area (Å²) < 4.78 is 0. The smallest absolute Gasteiger partial charge is 0.0446 e. The van der Waals surface area contributed by atoms with Gasteiger partial charge in [0.25, 0.3) is 0 Å². The molecule has 0 heterocycles. The molecule has 10 heavy (non-hydrogen) atoms. The Bertz CT molecular complexity index is 87.4. The lowest BCUT2D eigenvalue weighted by atomic mass is 9.85. The van der Waals surface area contributed by atoms with E-state index in [1.165, 1.54) is 44.9 Å². The first-order valence-corrected chi connectivity index (χ1v) is 4.83. The molecular formula is C9H17Cl. The zero-order valence-electron chi connectivity index (χ0n) is 6.83. The zero-order chi connectivity index (χ0) is 7.45. The van der Waals surface area contributed by atoms with Crippen LogP contribution in [0.2, 0.25) is 0 Å². The van der Waals surface area contributed by atoms with Crippen LogP contribution in [0.5, 0.6) is 0 Å². The minimum Gasteiger partial charge on any atom is -0.119 e. The maximum atomic E-state index is 6.38. The van der Waals surface area contributed by atoms with E-state index in [0.29, 0.717) is 0 Å². The van der Waals surface area contributed by atoms with Crippen molar-refractivity contribution in [3.63, 3.8) is 0 Å². The van der Waals surface area contributed by atoms with Crippen molar-refractivity contribution in [3.05, 3.63) is 0 Å². The van der Waals surface area contributed by atoms with E-state index in [1.54, 1.807) is 0 Å². The quantitative estimate of drug-likeness (QED) is 0.540. The van der Waals surface area contributed by atoms with E-state index in [2.05, 4.69) is 6.92 Å². The topological polar surface area (TPSA) is 0 Å². The maximum Gasteiger partial charge on any atom is 0.0446 e. The van der Waals surface area contributed by atoms with Crippen molar-refractivity contribution in [1.29, 1.82) is 0 Å². The minimum absolute atomic E-state index is 0.201. The molecule has 0 nitrogen and oxygen atoms in total. The molecule has 1 rings (SSSR count). The molecule has 0 aliphatic heterocycles. The molecular weight excluding hydrogens is 144 g/mol. The molecule has 0 aromatic heterocycles. The molecule has 0 spiro atoms. The fraction of sp³-hybridized carbons (Fsp3) is 1.00. The summed E-state index contributed by atoms with van der Waals surface area (Å²) in [6.45, 7) is 2.22. The van der Waals surface area contributed by atoms with E-state index in [1.807, 2.05) is 0 Å². The number of halogens is 1. The van der Waals surface area contributed by atoms with Crippen LogP contribution >= 0.6 is 11.6 Å². The van der Waals surface area contributed by atoms with Gasteiger partial charge >= 0.3 is 0 Å². The lowest BCUT2D eigenvalue weighted by molar-refractivity contribution is 0.367. The fourth-order valence-corrected chi connectivity index (χ4v) is 2.34. The van der Waals surface area contributed by atoms with E-state index in [9.17, 15) is 0 Å². The van der Waals surface area contributed by atoms with E-state index >= 15 is 0 Å². The molecule has 0 saturated heterocycles. The van der Waals surface area contributed by atoms with Crippen molar-refractivity contribution in [1.82, 2.24) is 0 Å². The van der Waals surface area contributed by atoms with E-state index in [4.69, 9.17) is 11.6 Å². The molecule has 0 amide bonds. The standard InChI is InChI=1S/C9H17Cl/c1-2-6-9(10)7-4-3-5-8-9/h2-8H2,1H3.